The molecule has 21 heavy (non-hydrogen) atoms. The van der Waals surface area contributed by atoms with E-state index in [4.69, 9.17) is 4.74 Å². The molecule has 1 aliphatic rings. The molecule has 1 aromatic rings. The lowest BCUT2D eigenvalue weighted by Crippen LogP contribution is -2.48. The molecule has 1 aromatic carbocycles. The number of methoxy groups -OCH3 is 1. The summed E-state index contributed by atoms with van der Waals surface area (Å²) in [6.45, 7) is 6.36. The van der Waals surface area contributed by atoms with Crippen LogP contribution >= 0.6 is 0 Å². The fourth-order valence-electron chi connectivity index (χ4n) is 2.49. The van der Waals surface area contributed by atoms with Gasteiger partial charge in [0.15, 0.2) is 0 Å². The number of aryl methyl sites for hydroxylation is 1. The van der Waals surface area contributed by atoms with Crippen molar-refractivity contribution in [3.05, 3.63) is 29.8 Å². The van der Waals surface area contributed by atoms with E-state index in [9.17, 15) is 8.42 Å². The van der Waals surface area contributed by atoms with Crippen LogP contribution in [-0.2, 0) is 14.8 Å². The number of hydrogen-bond donors (Lipinski definition) is 0. The molecule has 1 fully saturated rings. The van der Waals surface area contributed by atoms with Crippen LogP contribution in [0.3, 0.4) is 0 Å². The molecule has 0 atom stereocenters. The zero-order chi connectivity index (χ0) is 15.3. The minimum Gasteiger partial charge on any atom is -0.385 e. The Labute approximate surface area is 127 Å². The van der Waals surface area contributed by atoms with E-state index >= 15 is 0 Å². The summed E-state index contributed by atoms with van der Waals surface area (Å²) in [7, 11) is -1.64. The van der Waals surface area contributed by atoms with Gasteiger partial charge in [-0.15, -0.1) is 0 Å². The van der Waals surface area contributed by atoms with Crippen LogP contribution in [0.5, 0.6) is 0 Å². The van der Waals surface area contributed by atoms with Gasteiger partial charge in [-0.25, -0.2) is 8.42 Å². The maximum absolute atomic E-state index is 12.6. The third kappa shape index (κ3) is 4.26. The van der Waals surface area contributed by atoms with E-state index < -0.39 is 10.0 Å². The molecule has 0 aliphatic carbocycles. The van der Waals surface area contributed by atoms with Gasteiger partial charge in [0.2, 0.25) is 10.0 Å². The van der Waals surface area contributed by atoms with Gasteiger partial charge in [0, 0.05) is 46.4 Å². The second-order valence-corrected chi connectivity index (χ2v) is 7.34. The summed E-state index contributed by atoms with van der Waals surface area (Å²) in [5.74, 6) is 0. The van der Waals surface area contributed by atoms with E-state index in [-0.39, 0.29) is 0 Å². The molecule has 0 bridgehead atoms. The van der Waals surface area contributed by atoms with Crippen molar-refractivity contribution in [3.63, 3.8) is 0 Å². The van der Waals surface area contributed by atoms with Gasteiger partial charge in [0.05, 0.1) is 4.90 Å². The Bertz CT molecular complexity index is 535. The quantitative estimate of drug-likeness (QED) is 0.744. The van der Waals surface area contributed by atoms with Crippen molar-refractivity contribution in [2.24, 2.45) is 0 Å². The number of piperazine rings is 1. The number of ether oxygens (including phenoxy) is 1. The van der Waals surface area contributed by atoms with Crippen molar-refractivity contribution in [3.8, 4) is 0 Å². The van der Waals surface area contributed by atoms with Crippen molar-refractivity contribution >= 4 is 10.0 Å². The molecule has 0 spiro atoms. The summed E-state index contributed by atoms with van der Waals surface area (Å²) in [4.78, 5) is 2.68. The molecule has 1 heterocycles. The van der Waals surface area contributed by atoms with E-state index in [1.807, 2.05) is 19.1 Å². The maximum atomic E-state index is 12.6. The zero-order valence-corrected chi connectivity index (χ0v) is 13.6. The minimum atomic E-state index is -3.35. The largest absolute Gasteiger partial charge is 0.385 e. The Morgan fingerprint density at radius 2 is 1.71 bits per heavy atom. The van der Waals surface area contributed by atoms with Crippen LogP contribution in [0.1, 0.15) is 12.0 Å². The maximum Gasteiger partial charge on any atom is 0.243 e. The topological polar surface area (TPSA) is 49.9 Å². The molecule has 1 aliphatic heterocycles. The molecule has 0 aromatic heterocycles. The van der Waals surface area contributed by atoms with E-state index in [2.05, 4.69) is 4.90 Å². The summed E-state index contributed by atoms with van der Waals surface area (Å²) >= 11 is 0. The van der Waals surface area contributed by atoms with Crippen molar-refractivity contribution in [2.75, 3.05) is 46.4 Å². The Morgan fingerprint density at radius 1 is 1.10 bits per heavy atom. The van der Waals surface area contributed by atoms with Crippen LogP contribution in [-0.4, -0.2) is 64.1 Å². The highest BCUT2D eigenvalue weighted by molar-refractivity contribution is 7.89. The summed E-state index contributed by atoms with van der Waals surface area (Å²) in [5, 5.41) is 0. The highest BCUT2D eigenvalue weighted by Crippen LogP contribution is 2.18. The van der Waals surface area contributed by atoms with Crippen molar-refractivity contribution in [1.29, 1.82) is 0 Å². The molecule has 0 radical (unpaired) electrons. The fraction of sp³-hybridized carbons (Fsp3) is 0.600. The van der Waals surface area contributed by atoms with E-state index in [1.54, 1.807) is 23.5 Å². The molecule has 2 rings (SSSR count). The minimum absolute atomic E-state index is 0.390. The number of sulfonamides is 1. The first-order chi connectivity index (χ1) is 10.0. The zero-order valence-electron chi connectivity index (χ0n) is 12.8. The summed E-state index contributed by atoms with van der Waals surface area (Å²) < 4.78 is 31.7. The average Bonchev–Trinajstić information content (AvgIpc) is 2.48. The average molecular weight is 312 g/mol. The Morgan fingerprint density at radius 3 is 2.29 bits per heavy atom. The Kier molecular flexibility index (Phi) is 5.75. The Hall–Kier alpha value is -0.950. The molecule has 0 amide bonds. The van der Waals surface area contributed by atoms with Gasteiger partial charge >= 0.3 is 0 Å². The molecule has 5 nitrogen and oxygen atoms in total. The van der Waals surface area contributed by atoms with E-state index in [0.29, 0.717) is 18.0 Å². The summed E-state index contributed by atoms with van der Waals surface area (Å²) in [6, 6.07) is 7.06. The summed E-state index contributed by atoms with van der Waals surface area (Å²) in [5.41, 5.74) is 1.07. The first kappa shape index (κ1) is 16.4. The lowest BCUT2D eigenvalue weighted by Gasteiger charge is -2.33. The molecule has 1 saturated heterocycles. The van der Waals surface area contributed by atoms with Gasteiger partial charge in [-0.05, 0) is 25.5 Å². The van der Waals surface area contributed by atoms with Gasteiger partial charge in [-0.3, -0.25) is 0 Å². The Balaban J connectivity index is 1.93. The lowest BCUT2D eigenvalue weighted by molar-refractivity contribution is 0.149. The van der Waals surface area contributed by atoms with Crippen LogP contribution < -0.4 is 0 Å². The standard InChI is InChI=1S/C15H24N2O3S/c1-14-4-6-15(7-5-14)21(18,19)17-11-9-16(10-12-17)8-3-13-20-2/h4-7H,3,8-13H2,1-2H3. The fourth-order valence-corrected chi connectivity index (χ4v) is 3.91. The number of nitrogens with zero attached hydrogens (tertiary/aromatic N) is 2. The van der Waals surface area contributed by atoms with E-state index in [1.165, 1.54) is 0 Å². The molecule has 0 unspecified atom stereocenters. The van der Waals surface area contributed by atoms with Gasteiger partial charge in [0.25, 0.3) is 0 Å². The molecule has 0 N–H and O–H groups in total. The smallest absolute Gasteiger partial charge is 0.243 e. The first-order valence-electron chi connectivity index (χ1n) is 7.32. The lowest BCUT2D eigenvalue weighted by atomic mass is 10.2. The summed E-state index contributed by atoms with van der Waals surface area (Å²) in [6.07, 6.45) is 0.987. The third-order valence-electron chi connectivity index (χ3n) is 3.81. The highest BCUT2D eigenvalue weighted by atomic mass is 32.2. The van der Waals surface area contributed by atoms with Crippen LogP contribution in [0.15, 0.2) is 29.2 Å². The normalized spacial score (nSPS) is 18.0. The molecule has 118 valence electrons. The van der Waals surface area contributed by atoms with Gasteiger partial charge in [-0.1, -0.05) is 17.7 Å². The predicted molar refractivity (Wildman–Crippen MR) is 82.9 cm³/mol. The monoisotopic (exact) mass is 312 g/mol. The second kappa shape index (κ2) is 7.35. The van der Waals surface area contributed by atoms with Crippen LogP contribution in [0.2, 0.25) is 0 Å². The number of hydrogen-bond acceptors (Lipinski definition) is 4. The predicted octanol–water partition coefficient (Wildman–Crippen LogP) is 1.34. The van der Waals surface area contributed by atoms with Crippen molar-refractivity contribution < 1.29 is 13.2 Å². The first-order valence-corrected chi connectivity index (χ1v) is 8.76. The molecular weight excluding hydrogens is 288 g/mol. The van der Waals surface area contributed by atoms with Crippen molar-refractivity contribution in [1.82, 2.24) is 9.21 Å². The van der Waals surface area contributed by atoms with E-state index in [0.717, 1.165) is 38.2 Å². The highest BCUT2D eigenvalue weighted by Gasteiger charge is 2.28. The van der Waals surface area contributed by atoms with Crippen molar-refractivity contribution in [2.45, 2.75) is 18.2 Å². The van der Waals surface area contributed by atoms with Crippen LogP contribution in [0, 0.1) is 6.92 Å². The van der Waals surface area contributed by atoms with Crippen LogP contribution in [0.4, 0.5) is 0 Å². The van der Waals surface area contributed by atoms with Gasteiger partial charge < -0.3 is 9.64 Å². The SMILES string of the molecule is COCCCN1CCN(S(=O)(=O)c2ccc(C)cc2)CC1. The van der Waals surface area contributed by atoms with Gasteiger partial charge in [-0.2, -0.15) is 4.31 Å². The second-order valence-electron chi connectivity index (χ2n) is 5.41. The number of rotatable bonds is 6. The van der Waals surface area contributed by atoms with Gasteiger partial charge in [0.1, 0.15) is 0 Å². The third-order valence-corrected chi connectivity index (χ3v) is 5.73. The molecular formula is C15H24N2O3S. The molecule has 6 heteroatoms. The number of benzene rings is 1. The molecule has 0 saturated carbocycles. The van der Waals surface area contributed by atoms with Crippen LogP contribution in [0.25, 0.3) is 0 Å².